The van der Waals surface area contributed by atoms with Crippen LogP contribution in [-0.4, -0.2) is 25.0 Å². The fourth-order valence-corrected chi connectivity index (χ4v) is 10.6. The zero-order valence-electron chi connectivity index (χ0n) is 20.6. The lowest BCUT2D eigenvalue weighted by Crippen LogP contribution is -2.55. The third-order valence-corrected chi connectivity index (χ3v) is 12.4. The summed E-state index contributed by atoms with van der Waals surface area (Å²) in [5.41, 5.74) is 7.13. The molecule has 0 aromatic heterocycles. The first-order valence-electron chi connectivity index (χ1n) is 13.8. The quantitative estimate of drug-likeness (QED) is 0.555. The Morgan fingerprint density at radius 1 is 0.871 bits per heavy atom. The van der Waals surface area contributed by atoms with Crippen LogP contribution in [0.15, 0.2) is 0 Å². The van der Waals surface area contributed by atoms with Crippen LogP contribution in [0, 0.1) is 58.2 Å². The van der Waals surface area contributed by atoms with E-state index in [1.165, 1.54) is 57.8 Å². The third kappa shape index (κ3) is 2.88. The molecule has 31 heavy (non-hydrogen) atoms. The van der Waals surface area contributed by atoms with Crippen molar-refractivity contribution in [1.82, 2.24) is 0 Å². The SMILES string of the molecule is C[C@@H]1CC[C@@]2(OC1)O[C@H]1CC3C4CCC5C[C@@H](CN)CC[C@]5(C)C4CC[C@]3(C)[C@H]1[C@@H]2C. The van der Waals surface area contributed by atoms with Gasteiger partial charge in [-0.25, -0.2) is 0 Å². The van der Waals surface area contributed by atoms with Crippen LogP contribution in [0.5, 0.6) is 0 Å². The highest BCUT2D eigenvalue weighted by Gasteiger charge is 2.69. The maximum atomic E-state index is 6.94. The highest BCUT2D eigenvalue weighted by Crippen LogP contribution is 2.71. The summed E-state index contributed by atoms with van der Waals surface area (Å²) >= 11 is 0. The normalized spacial score (nSPS) is 60.9. The average Bonchev–Trinajstić information content (AvgIpc) is 3.20. The van der Waals surface area contributed by atoms with E-state index in [-0.39, 0.29) is 5.79 Å². The minimum atomic E-state index is -0.267. The number of nitrogens with two attached hydrogens (primary N) is 1. The minimum Gasteiger partial charge on any atom is -0.349 e. The Morgan fingerprint density at radius 3 is 2.42 bits per heavy atom. The second kappa shape index (κ2) is 7.19. The maximum absolute atomic E-state index is 6.94. The second-order valence-electron chi connectivity index (χ2n) is 13.6. The first-order valence-corrected chi connectivity index (χ1v) is 13.8. The van der Waals surface area contributed by atoms with Crippen molar-refractivity contribution in [2.24, 2.45) is 63.9 Å². The highest BCUT2D eigenvalue weighted by molar-refractivity contribution is 5.15. The molecule has 4 aliphatic carbocycles. The van der Waals surface area contributed by atoms with Gasteiger partial charge in [0.05, 0.1) is 12.7 Å². The predicted molar refractivity (Wildman–Crippen MR) is 124 cm³/mol. The molecule has 2 heterocycles. The largest absolute Gasteiger partial charge is 0.349 e. The van der Waals surface area contributed by atoms with Crippen molar-refractivity contribution < 1.29 is 9.47 Å². The molecule has 6 rings (SSSR count). The fourth-order valence-electron chi connectivity index (χ4n) is 10.6. The van der Waals surface area contributed by atoms with Crippen LogP contribution >= 0.6 is 0 Å². The van der Waals surface area contributed by atoms with Crippen molar-refractivity contribution in [2.45, 2.75) is 104 Å². The lowest BCUT2D eigenvalue weighted by molar-refractivity contribution is -0.273. The van der Waals surface area contributed by atoms with E-state index in [1.807, 2.05) is 0 Å². The molecule has 0 radical (unpaired) electrons. The van der Waals surface area contributed by atoms with Crippen LogP contribution < -0.4 is 5.73 Å². The molecule has 2 saturated heterocycles. The van der Waals surface area contributed by atoms with E-state index in [2.05, 4.69) is 27.7 Å². The van der Waals surface area contributed by atoms with E-state index >= 15 is 0 Å². The van der Waals surface area contributed by atoms with Crippen LogP contribution in [0.2, 0.25) is 0 Å². The molecule has 2 aliphatic heterocycles. The molecule has 176 valence electrons. The van der Waals surface area contributed by atoms with Gasteiger partial charge in [0, 0.05) is 12.3 Å². The Bertz CT molecular complexity index is 701. The Hall–Kier alpha value is -0.120. The van der Waals surface area contributed by atoms with Crippen LogP contribution in [-0.2, 0) is 9.47 Å². The van der Waals surface area contributed by atoms with Gasteiger partial charge in [0.15, 0.2) is 5.79 Å². The molecular formula is C28H47NO2. The Kier molecular flexibility index (Phi) is 4.97. The van der Waals surface area contributed by atoms with Crippen LogP contribution in [0.25, 0.3) is 0 Å². The summed E-state index contributed by atoms with van der Waals surface area (Å²) in [6.45, 7) is 11.9. The zero-order chi connectivity index (χ0) is 21.6. The van der Waals surface area contributed by atoms with Gasteiger partial charge in [0.2, 0.25) is 0 Å². The van der Waals surface area contributed by atoms with E-state index in [1.54, 1.807) is 0 Å². The third-order valence-electron chi connectivity index (χ3n) is 12.4. The minimum absolute atomic E-state index is 0.267. The van der Waals surface area contributed by atoms with Gasteiger partial charge in [-0.05, 0) is 117 Å². The first kappa shape index (κ1) is 21.4. The molecular weight excluding hydrogens is 382 g/mol. The van der Waals surface area contributed by atoms with E-state index in [9.17, 15) is 0 Å². The highest BCUT2D eigenvalue weighted by atomic mass is 16.7. The van der Waals surface area contributed by atoms with Gasteiger partial charge in [-0.2, -0.15) is 0 Å². The van der Waals surface area contributed by atoms with Gasteiger partial charge in [0.1, 0.15) is 0 Å². The van der Waals surface area contributed by atoms with Crippen LogP contribution in [0.3, 0.4) is 0 Å². The molecule has 2 N–H and O–H groups in total. The monoisotopic (exact) mass is 429 g/mol. The van der Waals surface area contributed by atoms with E-state index in [0.29, 0.717) is 34.7 Å². The van der Waals surface area contributed by atoms with Crippen molar-refractivity contribution in [1.29, 1.82) is 0 Å². The summed E-state index contributed by atoms with van der Waals surface area (Å²) in [6, 6.07) is 0. The van der Waals surface area contributed by atoms with Crippen molar-refractivity contribution >= 4 is 0 Å². The zero-order valence-corrected chi connectivity index (χ0v) is 20.6. The molecule has 0 amide bonds. The van der Waals surface area contributed by atoms with E-state index < -0.39 is 0 Å². The van der Waals surface area contributed by atoms with Crippen molar-refractivity contribution in [2.75, 3.05) is 13.2 Å². The van der Waals surface area contributed by atoms with Crippen molar-refractivity contribution in [3.63, 3.8) is 0 Å². The summed E-state index contributed by atoms with van der Waals surface area (Å²) in [6.07, 6.45) is 14.1. The predicted octanol–water partition coefficient (Wildman–Crippen LogP) is 6.01. The molecule has 3 heteroatoms. The summed E-state index contributed by atoms with van der Waals surface area (Å²) in [5, 5.41) is 0. The molecule has 0 aromatic rings. The lowest BCUT2D eigenvalue weighted by Gasteiger charge is -2.61. The Labute approximate surface area is 190 Å². The average molecular weight is 430 g/mol. The number of hydrogen-bond donors (Lipinski definition) is 1. The van der Waals surface area contributed by atoms with Crippen molar-refractivity contribution in [3.05, 3.63) is 0 Å². The number of hydrogen-bond acceptors (Lipinski definition) is 3. The topological polar surface area (TPSA) is 44.5 Å². The molecule has 1 spiro atoms. The summed E-state index contributed by atoms with van der Waals surface area (Å²) < 4.78 is 13.4. The van der Waals surface area contributed by atoms with E-state index in [4.69, 9.17) is 15.2 Å². The van der Waals surface area contributed by atoms with Gasteiger partial charge >= 0.3 is 0 Å². The van der Waals surface area contributed by atoms with E-state index in [0.717, 1.165) is 49.2 Å². The van der Waals surface area contributed by atoms with Crippen LogP contribution in [0.1, 0.15) is 91.9 Å². The molecule has 0 aromatic carbocycles. The molecule has 4 saturated carbocycles. The number of fused-ring (bicyclic) bond motifs is 7. The second-order valence-corrected chi connectivity index (χ2v) is 13.6. The van der Waals surface area contributed by atoms with Gasteiger partial charge in [-0.3, -0.25) is 0 Å². The number of ether oxygens (including phenoxy) is 2. The van der Waals surface area contributed by atoms with Crippen molar-refractivity contribution in [3.8, 4) is 0 Å². The standard InChI is InChI=1S/C28H47NO2/c1-17-7-12-28(30-16-17)18(2)25-24(31-28)14-23-21-6-5-20-13-19(15-29)8-10-26(20,3)22(21)9-11-27(23,25)4/h17-25H,5-16,29H2,1-4H3/t17-,18+,19+,20?,21?,22?,23?,24+,25+,26+,27+,28-/m1/s1. The van der Waals surface area contributed by atoms with Gasteiger partial charge in [-0.15, -0.1) is 0 Å². The first-order chi connectivity index (χ1) is 14.8. The molecule has 4 unspecified atom stereocenters. The van der Waals surface area contributed by atoms with Gasteiger partial charge in [0.25, 0.3) is 0 Å². The Morgan fingerprint density at radius 2 is 1.68 bits per heavy atom. The summed E-state index contributed by atoms with van der Waals surface area (Å²) in [7, 11) is 0. The molecule has 12 atom stereocenters. The van der Waals surface area contributed by atoms with Crippen LogP contribution in [0.4, 0.5) is 0 Å². The molecule has 6 aliphatic rings. The smallest absolute Gasteiger partial charge is 0.171 e. The molecule has 3 nitrogen and oxygen atoms in total. The number of rotatable bonds is 1. The van der Waals surface area contributed by atoms with Gasteiger partial charge < -0.3 is 15.2 Å². The summed E-state index contributed by atoms with van der Waals surface area (Å²) in [5.74, 6) is 6.12. The Balaban J connectivity index is 1.24. The summed E-state index contributed by atoms with van der Waals surface area (Å²) in [4.78, 5) is 0. The maximum Gasteiger partial charge on any atom is 0.171 e. The lowest BCUT2D eigenvalue weighted by atomic mass is 9.44. The molecule has 0 bridgehead atoms. The fraction of sp³-hybridized carbons (Fsp3) is 1.00. The van der Waals surface area contributed by atoms with Gasteiger partial charge in [-0.1, -0.05) is 27.7 Å². The molecule has 6 fully saturated rings.